The lowest BCUT2D eigenvalue weighted by molar-refractivity contribution is 0.0900. The molecule has 1 aliphatic rings. The Morgan fingerprint density at radius 1 is 1.13 bits per heavy atom. The van der Waals surface area contributed by atoms with Gasteiger partial charge in [0.05, 0.1) is 6.54 Å². The number of nitrogens with one attached hydrogen (secondary N) is 2. The van der Waals surface area contributed by atoms with Gasteiger partial charge in [0.15, 0.2) is 5.96 Å². The largest absolute Gasteiger partial charge is 0.444 e. The molecule has 170 valence electrons. The van der Waals surface area contributed by atoms with Crippen molar-refractivity contribution in [1.29, 1.82) is 0 Å². The van der Waals surface area contributed by atoms with Crippen LogP contribution < -0.4 is 10.6 Å². The lowest BCUT2D eigenvalue weighted by atomic mass is 10.0. The minimum atomic E-state index is 0.478. The SMILES string of the molecule is CCNC(=NCc1coc(-c2ccc(C)cc2)n1)NCC(C(C)C)N1CCN(C)CC1. The fraction of sp³-hybridized carbons (Fsp3) is 0.583. The third kappa shape index (κ3) is 6.80. The molecule has 0 amide bonds. The van der Waals surface area contributed by atoms with Crippen LogP contribution in [-0.4, -0.2) is 73.1 Å². The van der Waals surface area contributed by atoms with Crippen molar-refractivity contribution in [1.82, 2.24) is 25.4 Å². The first-order valence-corrected chi connectivity index (χ1v) is 11.4. The fourth-order valence-electron chi connectivity index (χ4n) is 3.85. The summed E-state index contributed by atoms with van der Waals surface area (Å²) in [6.07, 6.45) is 1.70. The number of aryl methyl sites for hydroxylation is 1. The molecule has 1 atom stereocenters. The van der Waals surface area contributed by atoms with E-state index in [4.69, 9.17) is 9.41 Å². The maximum atomic E-state index is 5.67. The normalized spacial score (nSPS) is 17.2. The van der Waals surface area contributed by atoms with E-state index in [1.165, 1.54) is 5.56 Å². The molecular formula is C24H38N6O. The first-order valence-electron chi connectivity index (χ1n) is 11.4. The monoisotopic (exact) mass is 426 g/mol. The summed E-state index contributed by atoms with van der Waals surface area (Å²) in [7, 11) is 2.20. The van der Waals surface area contributed by atoms with Gasteiger partial charge in [-0.05, 0) is 38.9 Å². The smallest absolute Gasteiger partial charge is 0.226 e. The first kappa shape index (κ1) is 23.3. The van der Waals surface area contributed by atoms with Crippen LogP contribution >= 0.6 is 0 Å². The van der Waals surface area contributed by atoms with E-state index in [9.17, 15) is 0 Å². The number of hydrogen-bond donors (Lipinski definition) is 2. The average Bonchev–Trinajstić information content (AvgIpc) is 3.22. The van der Waals surface area contributed by atoms with Crippen molar-refractivity contribution in [3.05, 3.63) is 41.8 Å². The van der Waals surface area contributed by atoms with Crippen molar-refractivity contribution < 1.29 is 4.42 Å². The maximum absolute atomic E-state index is 5.67. The Hall–Kier alpha value is -2.38. The van der Waals surface area contributed by atoms with Crippen LogP contribution in [0.2, 0.25) is 0 Å². The average molecular weight is 427 g/mol. The van der Waals surface area contributed by atoms with Gasteiger partial charge >= 0.3 is 0 Å². The molecular weight excluding hydrogens is 388 g/mol. The number of oxazole rings is 1. The number of aromatic nitrogens is 1. The Morgan fingerprint density at radius 2 is 1.84 bits per heavy atom. The zero-order valence-electron chi connectivity index (χ0n) is 19.7. The highest BCUT2D eigenvalue weighted by atomic mass is 16.3. The van der Waals surface area contributed by atoms with E-state index in [-0.39, 0.29) is 0 Å². The van der Waals surface area contributed by atoms with Gasteiger partial charge in [-0.1, -0.05) is 31.5 Å². The van der Waals surface area contributed by atoms with Gasteiger partial charge in [-0.25, -0.2) is 9.98 Å². The molecule has 1 fully saturated rings. The molecule has 0 bridgehead atoms. The van der Waals surface area contributed by atoms with Gasteiger partial charge < -0.3 is 20.0 Å². The number of benzene rings is 1. The summed E-state index contributed by atoms with van der Waals surface area (Å²) in [5.41, 5.74) is 3.03. The predicted octanol–water partition coefficient (Wildman–Crippen LogP) is 2.98. The number of aliphatic imine (C=N–C) groups is 1. The van der Waals surface area contributed by atoms with Gasteiger partial charge in [0, 0.05) is 50.9 Å². The molecule has 1 aromatic carbocycles. The molecule has 0 saturated carbocycles. The fourth-order valence-corrected chi connectivity index (χ4v) is 3.85. The summed E-state index contributed by atoms with van der Waals surface area (Å²) < 4.78 is 5.67. The van der Waals surface area contributed by atoms with E-state index in [2.05, 4.69) is 72.3 Å². The summed E-state index contributed by atoms with van der Waals surface area (Å²) in [4.78, 5) is 14.3. The van der Waals surface area contributed by atoms with Crippen LogP contribution in [0.4, 0.5) is 0 Å². The summed E-state index contributed by atoms with van der Waals surface area (Å²) in [5.74, 6) is 2.03. The Kier molecular flexibility index (Phi) is 8.49. The van der Waals surface area contributed by atoms with Gasteiger partial charge in [-0.2, -0.15) is 0 Å². The third-order valence-corrected chi connectivity index (χ3v) is 5.85. The minimum Gasteiger partial charge on any atom is -0.444 e. The van der Waals surface area contributed by atoms with E-state index >= 15 is 0 Å². The molecule has 0 radical (unpaired) electrons. The van der Waals surface area contributed by atoms with Crippen LogP contribution in [0.5, 0.6) is 0 Å². The standard InChI is InChI=1S/C24H38N6O/c1-6-25-24(27-16-22(18(2)3)30-13-11-29(5)12-14-30)26-15-21-17-31-23(28-21)20-9-7-19(4)8-10-20/h7-10,17-18,22H,6,11-16H2,1-5H3,(H2,25,26,27). The van der Waals surface area contributed by atoms with Crippen LogP contribution in [0.3, 0.4) is 0 Å². The molecule has 1 saturated heterocycles. The molecule has 1 aliphatic heterocycles. The van der Waals surface area contributed by atoms with E-state index in [0.29, 0.717) is 24.4 Å². The quantitative estimate of drug-likeness (QED) is 0.500. The topological polar surface area (TPSA) is 68.9 Å². The molecule has 2 heterocycles. The van der Waals surface area contributed by atoms with Crippen LogP contribution in [0, 0.1) is 12.8 Å². The highest BCUT2D eigenvalue weighted by Crippen LogP contribution is 2.19. The van der Waals surface area contributed by atoms with Crippen LogP contribution in [0.15, 0.2) is 39.9 Å². The second-order valence-corrected chi connectivity index (χ2v) is 8.74. The third-order valence-electron chi connectivity index (χ3n) is 5.85. The number of nitrogens with zero attached hydrogens (tertiary/aromatic N) is 4. The van der Waals surface area contributed by atoms with E-state index in [1.807, 2.05) is 12.1 Å². The molecule has 2 N–H and O–H groups in total. The van der Waals surface area contributed by atoms with Crippen molar-refractivity contribution in [2.45, 2.75) is 40.3 Å². The molecule has 0 aliphatic carbocycles. The van der Waals surface area contributed by atoms with Crippen molar-refractivity contribution >= 4 is 5.96 Å². The van der Waals surface area contributed by atoms with Crippen LogP contribution in [-0.2, 0) is 6.54 Å². The minimum absolute atomic E-state index is 0.478. The molecule has 3 rings (SSSR count). The Balaban J connectivity index is 1.60. The zero-order chi connectivity index (χ0) is 22.2. The summed E-state index contributed by atoms with van der Waals surface area (Å²) in [6.45, 7) is 15.4. The maximum Gasteiger partial charge on any atom is 0.226 e. The molecule has 1 unspecified atom stereocenters. The lowest BCUT2D eigenvalue weighted by Gasteiger charge is -2.40. The highest BCUT2D eigenvalue weighted by Gasteiger charge is 2.25. The Labute approximate surface area is 186 Å². The molecule has 7 nitrogen and oxygen atoms in total. The summed E-state index contributed by atoms with van der Waals surface area (Å²) in [6, 6.07) is 8.68. The number of rotatable bonds is 8. The Morgan fingerprint density at radius 3 is 2.48 bits per heavy atom. The number of likely N-dealkylation sites (N-methyl/N-ethyl adjacent to an activating group) is 1. The van der Waals surface area contributed by atoms with E-state index < -0.39 is 0 Å². The molecule has 2 aromatic rings. The number of guanidine groups is 1. The first-order chi connectivity index (χ1) is 15.0. The summed E-state index contributed by atoms with van der Waals surface area (Å²) in [5, 5.41) is 6.91. The van der Waals surface area contributed by atoms with Gasteiger partial charge in [0.25, 0.3) is 0 Å². The van der Waals surface area contributed by atoms with Crippen molar-refractivity contribution in [3.8, 4) is 11.5 Å². The van der Waals surface area contributed by atoms with Crippen LogP contribution in [0.25, 0.3) is 11.5 Å². The number of hydrogen-bond acceptors (Lipinski definition) is 5. The van der Waals surface area contributed by atoms with Gasteiger partial charge in [0.2, 0.25) is 5.89 Å². The second kappa shape index (κ2) is 11.3. The molecule has 31 heavy (non-hydrogen) atoms. The van der Waals surface area contributed by atoms with Crippen molar-refractivity contribution in [2.24, 2.45) is 10.9 Å². The van der Waals surface area contributed by atoms with E-state index in [0.717, 1.165) is 56.5 Å². The summed E-state index contributed by atoms with van der Waals surface area (Å²) >= 11 is 0. The number of piperazine rings is 1. The highest BCUT2D eigenvalue weighted by molar-refractivity contribution is 5.79. The van der Waals surface area contributed by atoms with Gasteiger partial charge in [0.1, 0.15) is 12.0 Å². The molecule has 0 spiro atoms. The van der Waals surface area contributed by atoms with Crippen molar-refractivity contribution in [2.75, 3.05) is 46.3 Å². The van der Waals surface area contributed by atoms with Crippen molar-refractivity contribution in [3.63, 3.8) is 0 Å². The van der Waals surface area contributed by atoms with Gasteiger partial charge in [-0.15, -0.1) is 0 Å². The van der Waals surface area contributed by atoms with Crippen LogP contribution in [0.1, 0.15) is 32.0 Å². The van der Waals surface area contributed by atoms with Gasteiger partial charge in [-0.3, -0.25) is 4.90 Å². The molecule has 7 heteroatoms. The lowest BCUT2D eigenvalue weighted by Crippen LogP contribution is -2.55. The van der Waals surface area contributed by atoms with E-state index in [1.54, 1.807) is 6.26 Å². The second-order valence-electron chi connectivity index (χ2n) is 8.74. The predicted molar refractivity (Wildman–Crippen MR) is 127 cm³/mol. The molecule has 1 aromatic heterocycles. The zero-order valence-corrected chi connectivity index (χ0v) is 19.7. The Bertz CT molecular complexity index is 821.